The number of benzene rings is 2. The number of carbonyl (C=O) groups excluding carboxylic acids is 3. The van der Waals surface area contributed by atoms with Crippen LogP contribution < -0.4 is 15.3 Å². The Balaban J connectivity index is 1.36. The highest BCUT2D eigenvalue weighted by Crippen LogP contribution is 2.30. The van der Waals surface area contributed by atoms with Crippen molar-refractivity contribution in [3.8, 4) is 5.75 Å². The van der Waals surface area contributed by atoms with Crippen LogP contribution in [0.15, 0.2) is 57.9 Å². The van der Waals surface area contributed by atoms with Crippen LogP contribution in [0.3, 0.4) is 0 Å². The molecule has 5 rings (SSSR count). The summed E-state index contributed by atoms with van der Waals surface area (Å²) in [7, 11) is 1.51. The van der Waals surface area contributed by atoms with Gasteiger partial charge >= 0.3 is 5.63 Å². The van der Waals surface area contributed by atoms with E-state index in [4.69, 9.17) is 9.15 Å². The van der Waals surface area contributed by atoms with Gasteiger partial charge in [0.2, 0.25) is 0 Å². The molecule has 170 valence electrons. The molecule has 0 saturated heterocycles. The second-order valence-electron chi connectivity index (χ2n) is 7.92. The van der Waals surface area contributed by atoms with Crippen molar-refractivity contribution < 1.29 is 23.5 Å². The van der Waals surface area contributed by atoms with E-state index in [0.717, 1.165) is 5.56 Å². The van der Waals surface area contributed by atoms with Crippen LogP contribution in [0.1, 0.15) is 32.0 Å². The van der Waals surface area contributed by atoms with Gasteiger partial charge in [-0.15, -0.1) is 5.10 Å². The number of ketones is 2. The number of fused-ring (bicyclic) bond motifs is 2. The number of aromatic nitrogens is 3. The summed E-state index contributed by atoms with van der Waals surface area (Å²) in [6.07, 6.45) is 1.49. The van der Waals surface area contributed by atoms with Gasteiger partial charge in [0.15, 0.2) is 5.78 Å². The Morgan fingerprint density at radius 3 is 2.71 bits per heavy atom. The molecule has 0 unspecified atom stereocenters. The Morgan fingerprint density at radius 2 is 1.91 bits per heavy atom. The summed E-state index contributed by atoms with van der Waals surface area (Å²) >= 11 is 0. The van der Waals surface area contributed by atoms with E-state index < -0.39 is 23.1 Å². The average molecular weight is 458 g/mol. The fraction of sp³-hybridized carbons (Fsp3) is 0.167. The minimum absolute atomic E-state index is 0.0206. The van der Waals surface area contributed by atoms with E-state index in [-0.39, 0.29) is 18.7 Å². The summed E-state index contributed by atoms with van der Waals surface area (Å²) in [4.78, 5) is 51.2. The van der Waals surface area contributed by atoms with E-state index in [0.29, 0.717) is 33.7 Å². The fourth-order valence-electron chi connectivity index (χ4n) is 3.88. The molecule has 0 atom stereocenters. The lowest BCUT2D eigenvalue weighted by atomic mass is 10.1. The van der Waals surface area contributed by atoms with Crippen molar-refractivity contribution in [3.05, 3.63) is 81.5 Å². The summed E-state index contributed by atoms with van der Waals surface area (Å²) < 4.78 is 11.7. The average Bonchev–Trinajstić information content (AvgIpc) is 3.36. The number of anilines is 1. The third-order valence-electron chi connectivity index (χ3n) is 5.58. The molecule has 10 nitrogen and oxygen atoms in total. The normalized spacial score (nSPS) is 12.9. The van der Waals surface area contributed by atoms with Crippen molar-refractivity contribution in [1.82, 2.24) is 15.0 Å². The largest absolute Gasteiger partial charge is 0.497 e. The van der Waals surface area contributed by atoms with E-state index in [1.165, 1.54) is 29.0 Å². The Morgan fingerprint density at radius 1 is 1.09 bits per heavy atom. The fourth-order valence-corrected chi connectivity index (χ4v) is 3.88. The highest BCUT2D eigenvalue weighted by Gasteiger charge is 2.36. The quantitative estimate of drug-likeness (QED) is 0.245. The molecule has 4 aromatic rings. The summed E-state index contributed by atoms with van der Waals surface area (Å²) in [6.45, 7) is 1.61. The first-order valence-electron chi connectivity index (χ1n) is 10.3. The Hall–Kier alpha value is -4.60. The summed E-state index contributed by atoms with van der Waals surface area (Å²) in [5.74, 6) is -1.16. The molecule has 1 aliphatic heterocycles. The molecule has 3 heterocycles. The predicted octanol–water partition coefficient (Wildman–Crippen LogP) is 2.31. The van der Waals surface area contributed by atoms with Crippen molar-refractivity contribution in [2.24, 2.45) is 0 Å². The molecular formula is C24H18N4O6. The number of ether oxygens (including phenoxy) is 1. The molecule has 2 aromatic carbocycles. The zero-order valence-corrected chi connectivity index (χ0v) is 18.3. The number of Topliss-reactive ketones (excluding diaryl/α,β-unsaturated/α-hetero) is 2. The Kier molecular flexibility index (Phi) is 5.05. The van der Waals surface area contributed by atoms with Gasteiger partial charge in [0, 0.05) is 5.39 Å². The summed E-state index contributed by atoms with van der Waals surface area (Å²) in [6, 6.07) is 11.6. The standard InChI is InChI=1S/C24H18N4O6/c1-13-3-5-19-17(7-13)22(30)23(31)28(19)11-15-10-27(26-25-15)12-20(29)18-9-14-8-16(33-2)4-6-21(14)34-24(18)32/h3-10H,11-12H2,1-2H3. The van der Waals surface area contributed by atoms with Gasteiger partial charge in [-0.1, -0.05) is 16.8 Å². The van der Waals surface area contributed by atoms with Crippen LogP contribution in [0, 0.1) is 6.92 Å². The monoisotopic (exact) mass is 458 g/mol. The maximum atomic E-state index is 12.8. The zero-order chi connectivity index (χ0) is 24.0. The first-order chi connectivity index (χ1) is 16.3. The van der Waals surface area contributed by atoms with Gasteiger partial charge in [0.05, 0.1) is 31.1 Å². The van der Waals surface area contributed by atoms with Gasteiger partial charge in [-0.3, -0.25) is 19.3 Å². The Bertz CT molecular complexity index is 1550. The highest BCUT2D eigenvalue weighted by atomic mass is 16.5. The number of nitrogens with zero attached hydrogens (tertiary/aromatic N) is 4. The van der Waals surface area contributed by atoms with Gasteiger partial charge in [0.1, 0.15) is 29.1 Å². The van der Waals surface area contributed by atoms with Gasteiger partial charge in [-0.05, 0) is 43.3 Å². The maximum Gasteiger partial charge on any atom is 0.347 e. The van der Waals surface area contributed by atoms with Gasteiger partial charge in [-0.25, -0.2) is 9.48 Å². The van der Waals surface area contributed by atoms with Crippen molar-refractivity contribution in [3.63, 3.8) is 0 Å². The number of methoxy groups -OCH3 is 1. The van der Waals surface area contributed by atoms with E-state index in [9.17, 15) is 19.2 Å². The SMILES string of the molecule is COc1ccc2oc(=O)c(C(=O)Cn3cc(CN4C(=O)C(=O)c5cc(C)ccc54)nn3)cc2c1. The first-order valence-corrected chi connectivity index (χ1v) is 10.3. The predicted molar refractivity (Wildman–Crippen MR) is 120 cm³/mol. The molecule has 0 aliphatic carbocycles. The minimum Gasteiger partial charge on any atom is -0.497 e. The molecule has 1 aliphatic rings. The number of aryl methyl sites for hydroxylation is 1. The van der Waals surface area contributed by atoms with E-state index in [2.05, 4.69) is 10.3 Å². The van der Waals surface area contributed by atoms with Crippen molar-refractivity contribution in [1.29, 1.82) is 0 Å². The van der Waals surface area contributed by atoms with E-state index >= 15 is 0 Å². The van der Waals surface area contributed by atoms with Gasteiger partial charge < -0.3 is 9.15 Å². The maximum absolute atomic E-state index is 12.8. The summed E-state index contributed by atoms with van der Waals surface area (Å²) in [5, 5.41) is 8.49. The number of hydrogen-bond donors (Lipinski definition) is 0. The van der Waals surface area contributed by atoms with Gasteiger partial charge in [0.25, 0.3) is 11.7 Å². The molecule has 0 bridgehead atoms. The van der Waals surface area contributed by atoms with Crippen LogP contribution in [0.4, 0.5) is 5.69 Å². The molecule has 0 spiro atoms. The molecule has 34 heavy (non-hydrogen) atoms. The number of carbonyl (C=O) groups is 3. The van der Waals surface area contributed by atoms with Crippen LogP contribution in [0.25, 0.3) is 11.0 Å². The van der Waals surface area contributed by atoms with Crippen LogP contribution in [-0.4, -0.2) is 39.6 Å². The second kappa shape index (κ2) is 8.07. The van der Waals surface area contributed by atoms with Crippen LogP contribution in [-0.2, 0) is 17.9 Å². The number of hydrogen-bond acceptors (Lipinski definition) is 8. The molecule has 0 N–H and O–H groups in total. The van der Waals surface area contributed by atoms with E-state index in [1.54, 1.807) is 30.3 Å². The highest BCUT2D eigenvalue weighted by molar-refractivity contribution is 6.52. The lowest BCUT2D eigenvalue weighted by Crippen LogP contribution is -2.29. The molecule has 2 aromatic heterocycles. The third kappa shape index (κ3) is 3.64. The van der Waals surface area contributed by atoms with Crippen LogP contribution in [0.5, 0.6) is 5.75 Å². The van der Waals surface area contributed by atoms with Crippen molar-refractivity contribution in [2.75, 3.05) is 12.0 Å². The second-order valence-corrected chi connectivity index (χ2v) is 7.92. The number of rotatable bonds is 6. The van der Waals surface area contributed by atoms with Crippen molar-refractivity contribution in [2.45, 2.75) is 20.0 Å². The zero-order valence-electron chi connectivity index (χ0n) is 18.3. The molecule has 1 amide bonds. The van der Waals surface area contributed by atoms with Crippen LogP contribution in [0.2, 0.25) is 0 Å². The molecule has 10 heteroatoms. The Labute approximate surface area is 192 Å². The first kappa shape index (κ1) is 21.3. The van der Waals surface area contributed by atoms with Crippen LogP contribution >= 0.6 is 0 Å². The molecule has 0 radical (unpaired) electrons. The smallest absolute Gasteiger partial charge is 0.347 e. The number of amides is 1. The lowest BCUT2D eigenvalue weighted by Gasteiger charge is -2.14. The molecule has 0 saturated carbocycles. The van der Waals surface area contributed by atoms with Gasteiger partial charge in [-0.2, -0.15) is 0 Å². The lowest BCUT2D eigenvalue weighted by molar-refractivity contribution is -0.114. The molecular weight excluding hydrogens is 440 g/mol. The molecule has 0 fully saturated rings. The van der Waals surface area contributed by atoms with Crippen molar-refractivity contribution >= 4 is 34.1 Å². The van der Waals surface area contributed by atoms with E-state index in [1.807, 2.05) is 13.0 Å². The topological polar surface area (TPSA) is 125 Å². The third-order valence-corrected chi connectivity index (χ3v) is 5.58. The summed E-state index contributed by atoms with van der Waals surface area (Å²) in [5.41, 5.74) is 1.59. The minimum atomic E-state index is -0.754.